The number of alkyl halides is 3. The Kier molecular flexibility index (Phi) is 10.5. The molecule has 6 aromatic rings. The van der Waals surface area contributed by atoms with Crippen LogP contribution >= 0.6 is 34.9 Å². The van der Waals surface area contributed by atoms with Gasteiger partial charge in [0.15, 0.2) is 15.3 Å². The first kappa shape index (κ1) is 34.0. The molecule has 0 unspecified atom stereocenters. The number of thiazole rings is 1. The van der Waals surface area contributed by atoms with Crippen LogP contribution in [0.2, 0.25) is 0 Å². The average molecular weight is 721 g/mol. The predicted molar refractivity (Wildman–Crippen MR) is 187 cm³/mol. The molecule has 2 amide bonds. The summed E-state index contributed by atoms with van der Waals surface area (Å²) in [5, 5.41) is 14.7. The van der Waals surface area contributed by atoms with Crippen LogP contribution < -0.4 is 15.4 Å². The van der Waals surface area contributed by atoms with E-state index >= 15 is 0 Å². The van der Waals surface area contributed by atoms with E-state index in [0.29, 0.717) is 26.5 Å². The van der Waals surface area contributed by atoms with Gasteiger partial charge < -0.3 is 15.4 Å². The van der Waals surface area contributed by atoms with Crippen molar-refractivity contribution in [3.05, 3.63) is 114 Å². The highest BCUT2D eigenvalue weighted by Crippen LogP contribution is 2.33. The number of nitrogens with one attached hydrogen (secondary N) is 2. The Morgan fingerprint density at radius 3 is 2.31 bits per heavy atom. The number of fused-ring (bicyclic) bond motifs is 1. The lowest BCUT2D eigenvalue weighted by atomic mass is 10.2. The van der Waals surface area contributed by atoms with E-state index in [9.17, 15) is 22.8 Å². The number of benzene rings is 4. The second-order valence-corrected chi connectivity index (χ2v) is 13.7. The Balaban J connectivity index is 1.05. The molecule has 0 aliphatic carbocycles. The van der Waals surface area contributed by atoms with Crippen molar-refractivity contribution in [3.63, 3.8) is 0 Å². The summed E-state index contributed by atoms with van der Waals surface area (Å²) in [7, 11) is 0. The molecule has 0 bridgehead atoms. The maximum Gasteiger partial charge on any atom is 0.416 e. The van der Waals surface area contributed by atoms with Crippen LogP contribution in [0.1, 0.15) is 17.0 Å². The third-order valence-electron chi connectivity index (χ3n) is 6.95. The van der Waals surface area contributed by atoms with Crippen molar-refractivity contribution in [2.24, 2.45) is 0 Å². The van der Waals surface area contributed by atoms with E-state index < -0.39 is 17.6 Å². The molecule has 0 aliphatic rings. The number of para-hydroxylation sites is 2. The molecule has 0 saturated heterocycles. The van der Waals surface area contributed by atoms with Crippen molar-refractivity contribution in [3.8, 4) is 11.4 Å². The minimum Gasteiger partial charge on any atom is -0.485 e. The third kappa shape index (κ3) is 8.79. The van der Waals surface area contributed by atoms with Crippen LogP contribution in [0, 0.1) is 6.92 Å². The standard InChI is InChI=1S/C34H27F3N6O3S3/c1-21-8-5-6-13-27(21)46-18-29-41-42-32(43(29)25-11-3-2-4-12-25)47-19-30(44)39-24-14-15-26-28(17-24)49-33(40-26)48-20-31(45)38-23-10-7-9-22(16-23)34(35,36)37/h2-17H,18-20H2,1H3,(H,38,45)(H,39,44). The van der Waals surface area contributed by atoms with Crippen molar-refractivity contribution in [1.82, 2.24) is 19.7 Å². The number of amides is 2. The van der Waals surface area contributed by atoms with E-state index in [-0.39, 0.29) is 29.7 Å². The highest BCUT2D eigenvalue weighted by molar-refractivity contribution is 8.01. The van der Waals surface area contributed by atoms with Gasteiger partial charge in [0.25, 0.3) is 0 Å². The molecule has 0 atom stereocenters. The lowest BCUT2D eigenvalue weighted by molar-refractivity contribution is -0.137. The summed E-state index contributed by atoms with van der Waals surface area (Å²) in [6, 6.07) is 27.1. The fraction of sp³-hybridized carbons (Fsp3) is 0.147. The quantitative estimate of drug-likeness (QED) is 0.122. The molecule has 2 N–H and O–H groups in total. The van der Waals surface area contributed by atoms with Crippen LogP contribution in [0.5, 0.6) is 5.75 Å². The fourth-order valence-electron chi connectivity index (χ4n) is 4.65. The number of hydrogen-bond donors (Lipinski definition) is 2. The summed E-state index contributed by atoms with van der Waals surface area (Å²) >= 11 is 3.76. The summed E-state index contributed by atoms with van der Waals surface area (Å²) in [4.78, 5) is 29.9. The van der Waals surface area contributed by atoms with Crippen LogP contribution in [-0.4, -0.2) is 43.1 Å². The smallest absolute Gasteiger partial charge is 0.416 e. The Bertz CT molecular complexity index is 2100. The van der Waals surface area contributed by atoms with Crippen molar-refractivity contribution in [2.75, 3.05) is 22.1 Å². The first-order valence-corrected chi connectivity index (χ1v) is 17.5. The van der Waals surface area contributed by atoms with Crippen LogP contribution in [0.3, 0.4) is 0 Å². The van der Waals surface area contributed by atoms with Crippen LogP contribution in [0.15, 0.2) is 107 Å². The molecular weight excluding hydrogens is 694 g/mol. The SMILES string of the molecule is Cc1ccccc1OCc1nnc(SCC(=O)Nc2ccc3nc(SCC(=O)Nc4cccc(C(F)(F)F)c4)sc3c2)n1-c1ccccc1. The predicted octanol–water partition coefficient (Wildman–Crippen LogP) is 8.24. The van der Waals surface area contributed by atoms with Crippen molar-refractivity contribution in [2.45, 2.75) is 29.2 Å². The van der Waals surface area contributed by atoms with E-state index in [4.69, 9.17) is 4.74 Å². The van der Waals surface area contributed by atoms with Crippen LogP contribution in [-0.2, 0) is 22.4 Å². The van der Waals surface area contributed by atoms with Gasteiger partial charge in [0.1, 0.15) is 12.4 Å². The number of thioether (sulfide) groups is 2. The summed E-state index contributed by atoms with van der Waals surface area (Å²) < 4.78 is 48.2. The Morgan fingerprint density at radius 1 is 0.837 bits per heavy atom. The molecule has 2 aromatic heterocycles. The molecule has 0 saturated carbocycles. The van der Waals surface area contributed by atoms with Gasteiger partial charge in [-0.25, -0.2) is 4.98 Å². The molecule has 250 valence electrons. The molecule has 0 fully saturated rings. The number of carbonyl (C=O) groups is 2. The Labute approximate surface area is 291 Å². The fourth-order valence-corrected chi connectivity index (χ4v) is 7.33. The monoisotopic (exact) mass is 720 g/mol. The van der Waals surface area contributed by atoms with E-state index in [0.717, 1.165) is 33.8 Å². The number of hydrogen-bond acceptors (Lipinski definition) is 9. The molecular formula is C34H27F3N6O3S3. The number of aromatic nitrogens is 4. The molecule has 4 aromatic carbocycles. The van der Waals surface area contributed by atoms with Crippen LogP contribution in [0.4, 0.5) is 24.5 Å². The first-order chi connectivity index (χ1) is 23.6. The van der Waals surface area contributed by atoms with Crippen molar-refractivity contribution >= 4 is 68.3 Å². The normalized spacial score (nSPS) is 11.4. The lowest BCUT2D eigenvalue weighted by Gasteiger charge is -2.12. The zero-order valence-corrected chi connectivity index (χ0v) is 28.2. The minimum atomic E-state index is -4.50. The number of aryl methyl sites for hydroxylation is 1. The second-order valence-electron chi connectivity index (χ2n) is 10.5. The molecule has 6 rings (SSSR count). The van der Waals surface area contributed by atoms with E-state index in [1.165, 1.54) is 47.0 Å². The van der Waals surface area contributed by atoms with Gasteiger partial charge >= 0.3 is 6.18 Å². The van der Waals surface area contributed by atoms with Crippen molar-refractivity contribution in [1.29, 1.82) is 0 Å². The van der Waals surface area contributed by atoms with Gasteiger partial charge in [-0.1, -0.05) is 66.0 Å². The largest absolute Gasteiger partial charge is 0.485 e. The zero-order valence-electron chi connectivity index (χ0n) is 25.7. The van der Waals surface area contributed by atoms with Gasteiger partial charge in [-0.3, -0.25) is 14.2 Å². The molecule has 0 radical (unpaired) electrons. The maximum atomic E-state index is 13.0. The lowest BCUT2D eigenvalue weighted by Crippen LogP contribution is -2.15. The zero-order chi connectivity index (χ0) is 34.4. The molecule has 9 nitrogen and oxygen atoms in total. The number of halogens is 3. The second kappa shape index (κ2) is 15.1. The molecule has 49 heavy (non-hydrogen) atoms. The maximum absolute atomic E-state index is 13.0. The first-order valence-electron chi connectivity index (χ1n) is 14.7. The van der Waals surface area contributed by atoms with Gasteiger partial charge in [-0.2, -0.15) is 13.2 Å². The molecule has 0 spiro atoms. The van der Waals surface area contributed by atoms with Gasteiger partial charge in [0.05, 0.1) is 27.3 Å². The number of nitrogens with zero attached hydrogens (tertiary/aromatic N) is 4. The molecule has 2 heterocycles. The topological polar surface area (TPSA) is 111 Å². The summed E-state index contributed by atoms with van der Waals surface area (Å²) in [6.45, 7) is 2.16. The van der Waals surface area contributed by atoms with E-state index in [2.05, 4.69) is 25.8 Å². The number of carbonyl (C=O) groups excluding carboxylic acids is 2. The van der Waals surface area contributed by atoms with E-state index in [1.54, 1.807) is 18.2 Å². The van der Waals surface area contributed by atoms with Crippen LogP contribution in [0.25, 0.3) is 15.9 Å². The Morgan fingerprint density at radius 2 is 1.55 bits per heavy atom. The van der Waals surface area contributed by atoms with E-state index in [1.807, 2.05) is 66.1 Å². The third-order valence-corrected chi connectivity index (χ3v) is 10.0. The highest BCUT2D eigenvalue weighted by Gasteiger charge is 2.30. The molecule has 0 aliphatic heterocycles. The van der Waals surface area contributed by atoms with Gasteiger partial charge in [-0.05, 0) is 67.1 Å². The van der Waals surface area contributed by atoms with Gasteiger partial charge in [0, 0.05) is 17.1 Å². The highest BCUT2D eigenvalue weighted by atomic mass is 32.2. The Hall–Kier alpha value is -4.86. The summed E-state index contributed by atoms with van der Waals surface area (Å²) in [5.74, 6) is 0.686. The molecule has 15 heteroatoms. The summed E-state index contributed by atoms with van der Waals surface area (Å²) in [5.41, 5.74) is 2.35. The number of ether oxygens (including phenoxy) is 1. The average Bonchev–Trinajstić information content (AvgIpc) is 3.69. The summed E-state index contributed by atoms with van der Waals surface area (Å²) in [6.07, 6.45) is -4.50. The number of anilines is 2. The van der Waals surface area contributed by atoms with Gasteiger partial charge in [0.2, 0.25) is 11.8 Å². The minimum absolute atomic E-state index is 0.0375. The van der Waals surface area contributed by atoms with Crippen molar-refractivity contribution < 1.29 is 27.5 Å². The van der Waals surface area contributed by atoms with Gasteiger partial charge in [-0.15, -0.1) is 21.5 Å². The number of rotatable bonds is 12.